The number of fused-ring (bicyclic) bond motifs is 2. The number of nitrogens with zero attached hydrogens (tertiary/aromatic N) is 1. The molecule has 2 aromatic carbocycles. The van der Waals surface area contributed by atoms with Gasteiger partial charge in [-0.25, -0.2) is 9.69 Å². The molecular formula is C13H5Br2Cl2NO2S. The van der Waals surface area contributed by atoms with E-state index in [1.165, 1.54) is 11.8 Å². The Labute approximate surface area is 151 Å². The van der Waals surface area contributed by atoms with Crippen LogP contribution >= 0.6 is 66.8 Å². The van der Waals surface area contributed by atoms with Crippen molar-refractivity contribution in [2.24, 2.45) is 0 Å². The minimum atomic E-state index is -1.13. The molecule has 0 atom stereocenters. The van der Waals surface area contributed by atoms with E-state index >= 15 is 0 Å². The molecule has 0 radical (unpaired) electrons. The van der Waals surface area contributed by atoms with Crippen LogP contribution in [0.2, 0.25) is 10.0 Å². The zero-order valence-corrected chi connectivity index (χ0v) is 15.5. The summed E-state index contributed by atoms with van der Waals surface area (Å²) in [5.74, 6) is 0. The molecule has 0 aliphatic carbocycles. The topological polar surface area (TPSA) is 40.5 Å². The van der Waals surface area contributed by atoms with Crippen molar-refractivity contribution < 1.29 is 9.90 Å². The van der Waals surface area contributed by atoms with Gasteiger partial charge in [0.05, 0.1) is 21.4 Å². The Morgan fingerprint density at radius 2 is 1.43 bits per heavy atom. The van der Waals surface area contributed by atoms with Crippen LogP contribution in [0.1, 0.15) is 0 Å². The van der Waals surface area contributed by atoms with Crippen molar-refractivity contribution in [1.82, 2.24) is 0 Å². The van der Waals surface area contributed by atoms with Crippen molar-refractivity contribution in [2.75, 3.05) is 4.90 Å². The maximum Gasteiger partial charge on any atom is 0.416 e. The molecule has 0 fully saturated rings. The van der Waals surface area contributed by atoms with E-state index in [4.69, 9.17) is 23.2 Å². The number of carboxylic acid groups (broad SMARTS) is 1. The van der Waals surface area contributed by atoms with Crippen LogP contribution in [0.15, 0.2) is 43.0 Å². The molecule has 1 aliphatic heterocycles. The van der Waals surface area contributed by atoms with Gasteiger partial charge >= 0.3 is 6.09 Å². The van der Waals surface area contributed by atoms with Gasteiger partial charge in [0.15, 0.2) is 0 Å². The minimum Gasteiger partial charge on any atom is -0.464 e. The standard InChI is InChI=1S/C13H5Br2Cl2NO2S/c14-5-1-7(16)11-9(3-5)21-10-4-6(15)2-8(17)12(10)18(11)13(19)20/h1-4H,(H,19,20). The summed E-state index contributed by atoms with van der Waals surface area (Å²) in [6.45, 7) is 0. The molecule has 2 aromatic rings. The van der Waals surface area contributed by atoms with Gasteiger partial charge in [0, 0.05) is 18.7 Å². The van der Waals surface area contributed by atoms with E-state index in [1.807, 2.05) is 12.1 Å². The quantitative estimate of drug-likeness (QED) is 0.461. The van der Waals surface area contributed by atoms with Gasteiger partial charge in [-0.2, -0.15) is 0 Å². The van der Waals surface area contributed by atoms with E-state index in [-0.39, 0.29) is 0 Å². The van der Waals surface area contributed by atoms with E-state index in [0.717, 1.165) is 23.6 Å². The average Bonchev–Trinajstić information content (AvgIpc) is 2.35. The number of hydrogen-bond donors (Lipinski definition) is 1. The first-order chi connectivity index (χ1) is 9.88. The second-order valence-electron chi connectivity index (χ2n) is 4.19. The number of carbonyl (C=O) groups is 1. The van der Waals surface area contributed by atoms with Crippen LogP contribution in [0.3, 0.4) is 0 Å². The predicted octanol–water partition coefficient (Wildman–Crippen LogP) is 6.80. The highest BCUT2D eigenvalue weighted by atomic mass is 79.9. The lowest BCUT2D eigenvalue weighted by molar-refractivity contribution is 0.204. The molecule has 8 heteroatoms. The number of benzene rings is 2. The Bertz CT molecular complexity index is 728. The molecule has 0 unspecified atom stereocenters. The second kappa shape index (κ2) is 5.66. The van der Waals surface area contributed by atoms with E-state index in [0.29, 0.717) is 21.4 Å². The summed E-state index contributed by atoms with van der Waals surface area (Å²) in [5, 5.41) is 10.3. The lowest BCUT2D eigenvalue weighted by Gasteiger charge is -2.30. The first-order valence-electron chi connectivity index (χ1n) is 5.57. The number of amides is 1. The molecule has 1 aliphatic rings. The third-order valence-corrected chi connectivity index (χ3v) is 5.40. The Morgan fingerprint density at radius 3 is 1.81 bits per heavy atom. The van der Waals surface area contributed by atoms with Gasteiger partial charge in [0.2, 0.25) is 0 Å². The average molecular weight is 470 g/mol. The summed E-state index contributed by atoms with van der Waals surface area (Å²) < 4.78 is 1.57. The summed E-state index contributed by atoms with van der Waals surface area (Å²) >= 11 is 20.6. The molecule has 3 rings (SSSR count). The van der Waals surface area contributed by atoms with Gasteiger partial charge in [0.25, 0.3) is 0 Å². The van der Waals surface area contributed by atoms with Crippen LogP contribution in [-0.2, 0) is 0 Å². The number of rotatable bonds is 0. The number of halogens is 4. The Balaban J connectivity index is 2.33. The van der Waals surface area contributed by atoms with Crippen LogP contribution in [0.25, 0.3) is 0 Å². The molecule has 0 bridgehead atoms. The SMILES string of the molecule is O=C(O)N1c2c(Cl)cc(Br)cc2Sc2cc(Br)cc(Cl)c21. The van der Waals surface area contributed by atoms with Gasteiger partial charge < -0.3 is 5.11 Å². The molecule has 108 valence electrons. The molecule has 3 nitrogen and oxygen atoms in total. The Morgan fingerprint density at radius 1 is 1.00 bits per heavy atom. The molecule has 21 heavy (non-hydrogen) atoms. The van der Waals surface area contributed by atoms with Crippen LogP contribution in [0.5, 0.6) is 0 Å². The third-order valence-electron chi connectivity index (χ3n) is 2.84. The predicted molar refractivity (Wildman–Crippen MR) is 92.6 cm³/mol. The first kappa shape index (κ1) is 15.5. The van der Waals surface area contributed by atoms with Crippen LogP contribution < -0.4 is 4.90 Å². The highest BCUT2D eigenvalue weighted by molar-refractivity contribution is 9.10. The molecule has 0 saturated heterocycles. The summed E-state index contributed by atoms with van der Waals surface area (Å²) in [7, 11) is 0. The zero-order chi connectivity index (χ0) is 15.3. The maximum atomic E-state index is 11.7. The molecule has 1 amide bonds. The Hall–Kier alpha value is -0.400. The Kier molecular flexibility index (Phi) is 4.18. The highest BCUT2D eigenvalue weighted by Gasteiger charge is 2.32. The molecule has 0 saturated carbocycles. The fourth-order valence-corrected chi connectivity index (χ4v) is 5.50. The number of anilines is 2. The normalized spacial score (nSPS) is 12.9. The summed E-state index contributed by atoms with van der Waals surface area (Å²) in [6, 6.07) is 6.99. The lowest BCUT2D eigenvalue weighted by Crippen LogP contribution is -2.27. The van der Waals surface area contributed by atoms with Crippen molar-refractivity contribution in [2.45, 2.75) is 9.79 Å². The van der Waals surface area contributed by atoms with Crippen molar-refractivity contribution in [3.05, 3.63) is 43.3 Å². The summed E-state index contributed by atoms with van der Waals surface area (Å²) in [6.07, 6.45) is -1.13. The first-order valence-corrected chi connectivity index (χ1v) is 8.73. The van der Waals surface area contributed by atoms with E-state index < -0.39 is 6.09 Å². The smallest absolute Gasteiger partial charge is 0.416 e. The van der Waals surface area contributed by atoms with Crippen molar-refractivity contribution in [3.63, 3.8) is 0 Å². The summed E-state index contributed by atoms with van der Waals surface area (Å²) in [4.78, 5) is 14.4. The molecule has 0 aromatic heterocycles. The molecule has 1 heterocycles. The molecule has 1 N–H and O–H groups in total. The maximum absolute atomic E-state index is 11.7. The van der Waals surface area contributed by atoms with Crippen LogP contribution in [-0.4, -0.2) is 11.2 Å². The lowest BCUT2D eigenvalue weighted by atomic mass is 10.2. The fourth-order valence-electron chi connectivity index (χ4n) is 2.10. The van der Waals surface area contributed by atoms with E-state index in [9.17, 15) is 9.90 Å². The summed E-state index contributed by atoms with van der Waals surface area (Å²) in [5.41, 5.74) is 0.850. The van der Waals surface area contributed by atoms with Crippen molar-refractivity contribution in [1.29, 1.82) is 0 Å². The highest BCUT2D eigenvalue weighted by Crippen LogP contribution is 2.54. The molecular weight excluding hydrogens is 465 g/mol. The van der Waals surface area contributed by atoms with Gasteiger partial charge in [-0.05, 0) is 24.3 Å². The molecule has 0 spiro atoms. The van der Waals surface area contributed by atoms with Crippen LogP contribution in [0.4, 0.5) is 16.2 Å². The minimum absolute atomic E-state index is 0.346. The fraction of sp³-hybridized carbons (Fsp3) is 0. The second-order valence-corrected chi connectivity index (χ2v) is 7.92. The largest absolute Gasteiger partial charge is 0.464 e. The number of hydrogen-bond acceptors (Lipinski definition) is 2. The third kappa shape index (κ3) is 2.68. The van der Waals surface area contributed by atoms with Gasteiger partial charge in [-0.15, -0.1) is 0 Å². The van der Waals surface area contributed by atoms with E-state index in [1.54, 1.807) is 12.1 Å². The van der Waals surface area contributed by atoms with E-state index in [2.05, 4.69) is 31.9 Å². The van der Waals surface area contributed by atoms with Gasteiger partial charge in [-0.1, -0.05) is 66.8 Å². The zero-order valence-electron chi connectivity index (χ0n) is 10.0. The van der Waals surface area contributed by atoms with Crippen molar-refractivity contribution in [3.8, 4) is 0 Å². The van der Waals surface area contributed by atoms with Crippen LogP contribution in [0, 0.1) is 0 Å². The monoisotopic (exact) mass is 467 g/mol. The van der Waals surface area contributed by atoms with Gasteiger partial charge in [-0.3, -0.25) is 0 Å². The van der Waals surface area contributed by atoms with Crippen molar-refractivity contribution >= 4 is 84.3 Å². The van der Waals surface area contributed by atoms with Gasteiger partial charge in [0.1, 0.15) is 0 Å².